The summed E-state index contributed by atoms with van der Waals surface area (Å²) in [5, 5.41) is 0. The van der Waals surface area contributed by atoms with Crippen molar-refractivity contribution in [3.8, 4) is 0 Å². The van der Waals surface area contributed by atoms with Crippen LogP contribution in [0.2, 0.25) is 0 Å². The second kappa shape index (κ2) is 5.81. The number of ether oxygens (including phenoxy) is 1. The van der Waals surface area contributed by atoms with Gasteiger partial charge in [0.2, 0.25) is 5.91 Å². The summed E-state index contributed by atoms with van der Waals surface area (Å²) in [6.45, 7) is 5.90. The molecule has 0 N–H and O–H groups in total. The molecule has 80 valence electrons. The lowest BCUT2D eigenvalue weighted by Gasteiger charge is -2.31. The molecule has 1 unspecified atom stereocenters. The van der Waals surface area contributed by atoms with Crippen LogP contribution < -0.4 is 0 Å². The van der Waals surface area contributed by atoms with E-state index in [2.05, 4.69) is 0 Å². The van der Waals surface area contributed by atoms with Crippen LogP contribution in [0.15, 0.2) is 12.2 Å². The second-order valence-corrected chi connectivity index (χ2v) is 3.63. The molecule has 0 radical (unpaired) electrons. The van der Waals surface area contributed by atoms with E-state index in [-0.39, 0.29) is 12.0 Å². The smallest absolute Gasteiger partial charge is 0.219 e. The number of allylic oxidation sites excluding steroid dienone is 1. The van der Waals surface area contributed by atoms with Crippen molar-refractivity contribution in [2.75, 3.05) is 19.7 Å². The highest BCUT2D eigenvalue weighted by Crippen LogP contribution is 2.13. The molecule has 1 fully saturated rings. The molecule has 1 amide bonds. The molecule has 0 spiro atoms. The highest BCUT2D eigenvalue weighted by atomic mass is 16.5. The van der Waals surface area contributed by atoms with Crippen LogP contribution in [0.5, 0.6) is 0 Å². The number of rotatable bonds is 3. The Hall–Kier alpha value is -0.830. The normalized spacial score (nSPS) is 23.0. The van der Waals surface area contributed by atoms with E-state index in [9.17, 15) is 4.79 Å². The maximum Gasteiger partial charge on any atom is 0.219 e. The Morgan fingerprint density at radius 2 is 2.43 bits per heavy atom. The molecule has 0 bridgehead atoms. The molecule has 1 saturated heterocycles. The Morgan fingerprint density at radius 1 is 1.64 bits per heavy atom. The molecule has 0 aromatic heterocycles. The van der Waals surface area contributed by atoms with Gasteiger partial charge in [-0.05, 0) is 19.8 Å². The van der Waals surface area contributed by atoms with Crippen molar-refractivity contribution >= 4 is 5.91 Å². The molecule has 0 aliphatic carbocycles. The molecule has 1 heterocycles. The topological polar surface area (TPSA) is 29.5 Å². The maximum atomic E-state index is 11.1. The third-order valence-corrected chi connectivity index (χ3v) is 2.49. The quantitative estimate of drug-likeness (QED) is 0.643. The van der Waals surface area contributed by atoms with Crippen LogP contribution in [-0.4, -0.2) is 36.6 Å². The third-order valence-electron chi connectivity index (χ3n) is 2.49. The number of carbonyl (C=O) groups excluding carboxylic acids is 1. The van der Waals surface area contributed by atoms with Gasteiger partial charge in [0, 0.05) is 20.0 Å². The van der Waals surface area contributed by atoms with E-state index >= 15 is 0 Å². The van der Waals surface area contributed by atoms with Gasteiger partial charge >= 0.3 is 0 Å². The van der Waals surface area contributed by atoms with Gasteiger partial charge in [-0.15, -0.1) is 0 Å². The zero-order valence-corrected chi connectivity index (χ0v) is 9.03. The molecule has 0 aromatic carbocycles. The molecule has 1 atom stereocenters. The number of likely N-dealkylation sites (tertiary alicyclic amines) is 1. The minimum atomic E-state index is 0.157. The Balaban J connectivity index is 2.29. The molecule has 1 rings (SSSR count). The van der Waals surface area contributed by atoms with Crippen molar-refractivity contribution in [3.05, 3.63) is 12.2 Å². The predicted molar refractivity (Wildman–Crippen MR) is 56.0 cm³/mol. The van der Waals surface area contributed by atoms with Gasteiger partial charge in [-0.1, -0.05) is 12.2 Å². The molecule has 0 aromatic rings. The SMILES string of the molecule is C/C=C\COC1CCCN(C(C)=O)C1. The Bertz CT molecular complexity index is 213. The Morgan fingerprint density at radius 3 is 3.07 bits per heavy atom. The van der Waals surface area contributed by atoms with Gasteiger partial charge in [0.1, 0.15) is 0 Å². The van der Waals surface area contributed by atoms with Crippen molar-refractivity contribution in [3.63, 3.8) is 0 Å². The highest BCUT2D eigenvalue weighted by molar-refractivity contribution is 5.73. The van der Waals surface area contributed by atoms with Crippen molar-refractivity contribution in [1.82, 2.24) is 4.90 Å². The van der Waals surface area contributed by atoms with E-state index < -0.39 is 0 Å². The van der Waals surface area contributed by atoms with E-state index in [1.54, 1.807) is 6.92 Å². The Labute approximate surface area is 85.7 Å². The van der Waals surface area contributed by atoms with Crippen LogP contribution in [0.3, 0.4) is 0 Å². The summed E-state index contributed by atoms with van der Waals surface area (Å²) in [4.78, 5) is 13.0. The van der Waals surface area contributed by atoms with Crippen molar-refractivity contribution in [2.24, 2.45) is 0 Å². The molecule has 3 heteroatoms. The summed E-state index contributed by atoms with van der Waals surface area (Å²) >= 11 is 0. The molecule has 0 saturated carbocycles. The summed E-state index contributed by atoms with van der Waals surface area (Å²) in [7, 11) is 0. The number of carbonyl (C=O) groups is 1. The van der Waals surface area contributed by atoms with Crippen LogP contribution in [0.1, 0.15) is 26.7 Å². The molecule has 14 heavy (non-hydrogen) atoms. The van der Waals surface area contributed by atoms with Gasteiger partial charge in [0.15, 0.2) is 0 Å². The number of piperidine rings is 1. The van der Waals surface area contributed by atoms with Crippen LogP contribution in [0, 0.1) is 0 Å². The number of hydrogen-bond donors (Lipinski definition) is 0. The maximum absolute atomic E-state index is 11.1. The molecule has 1 aliphatic rings. The van der Waals surface area contributed by atoms with Crippen LogP contribution >= 0.6 is 0 Å². The average Bonchev–Trinajstić information content (AvgIpc) is 2.19. The fourth-order valence-corrected chi connectivity index (χ4v) is 1.65. The fourth-order valence-electron chi connectivity index (χ4n) is 1.65. The summed E-state index contributed by atoms with van der Waals surface area (Å²) < 4.78 is 5.62. The third kappa shape index (κ3) is 3.50. The zero-order valence-electron chi connectivity index (χ0n) is 9.03. The summed E-state index contributed by atoms with van der Waals surface area (Å²) in [6, 6.07) is 0. The lowest BCUT2D eigenvalue weighted by Crippen LogP contribution is -2.42. The minimum absolute atomic E-state index is 0.157. The van der Waals surface area contributed by atoms with E-state index in [4.69, 9.17) is 4.74 Å². The summed E-state index contributed by atoms with van der Waals surface area (Å²) in [6.07, 6.45) is 6.32. The minimum Gasteiger partial charge on any atom is -0.372 e. The second-order valence-electron chi connectivity index (χ2n) is 3.63. The van der Waals surface area contributed by atoms with E-state index in [1.165, 1.54) is 0 Å². The van der Waals surface area contributed by atoms with Gasteiger partial charge in [0.05, 0.1) is 12.7 Å². The van der Waals surface area contributed by atoms with Crippen molar-refractivity contribution < 1.29 is 9.53 Å². The van der Waals surface area contributed by atoms with Gasteiger partial charge in [-0.2, -0.15) is 0 Å². The number of nitrogens with zero attached hydrogens (tertiary/aromatic N) is 1. The first-order valence-electron chi connectivity index (χ1n) is 5.22. The first-order chi connectivity index (χ1) is 6.74. The predicted octanol–water partition coefficient (Wildman–Crippen LogP) is 1.59. The molecular weight excluding hydrogens is 178 g/mol. The van der Waals surface area contributed by atoms with Gasteiger partial charge in [0.25, 0.3) is 0 Å². The average molecular weight is 197 g/mol. The van der Waals surface area contributed by atoms with E-state index in [0.29, 0.717) is 6.61 Å². The monoisotopic (exact) mass is 197 g/mol. The molecular formula is C11H19NO2. The number of amides is 1. The van der Waals surface area contributed by atoms with E-state index in [0.717, 1.165) is 25.9 Å². The Kier molecular flexibility index (Phi) is 4.66. The van der Waals surface area contributed by atoms with Crippen LogP contribution in [-0.2, 0) is 9.53 Å². The highest BCUT2D eigenvalue weighted by Gasteiger charge is 2.21. The zero-order chi connectivity index (χ0) is 10.4. The van der Waals surface area contributed by atoms with Gasteiger partial charge in [-0.3, -0.25) is 4.79 Å². The van der Waals surface area contributed by atoms with Gasteiger partial charge < -0.3 is 9.64 Å². The largest absolute Gasteiger partial charge is 0.372 e. The van der Waals surface area contributed by atoms with Crippen LogP contribution in [0.4, 0.5) is 0 Å². The van der Waals surface area contributed by atoms with Crippen LogP contribution in [0.25, 0.3) is 0 Å². The lowest BCUT2D eigenvalue weighted by atomic mass is 10.1. The van der Waals surface area contributed by atoms with Crippen molar-refractivity contribution in [2.45, 2.75) is 32.8 Å². The van der Waals surface area contributed by atoms with E-state index in [1.807, 2.05) is 24.0 Å². The fraction of sp³-hybridized carbons (Fsp3) is 0.727. The van der Waals surface area contributed by atoms with Gasteiger partial charge in [-0.25, -0.2) is 0 Å². The number of hydrogen-bond acceptors (Lipinski definition) is 2. The summed E-state index contributed by atoms with van der Waals surface area (Å²) in [5.74, 6) is 0.157. The standard InChI is InChI=1S/C11H19NO2/c1-3-4-8-14-11-6-5-7-12(9-11)10(2)13/h3-4,11H,5-9H2,1-2H3/b4-3-. The lowest BCUT2D eigenvalue weighted by molar-refractivity contribution is -0.132. The first kappa shape index (κ1) is 11.2. The molecule has 1 aliphatic heterocycles. The summed E-state index contributed by atoms with van der Waals surface area (Å²) in [5.41, 5.74) is 0. The molecule has 3 nitrogen and oxygen atoms in total. The first-order valence-corrected chi connectivity index (χ1v) is 5.22. The van der Waals surface area contributed by atoms with Crippen molar-refractivity contribution in [1.29, 1.82) is 0 Å².